The van der Waals surface area contributed by atoms with Gasteiger partial charge in [-0.05, 0) is 48.9 Å². The molecule has 0 saturated carbocycles. The normalized spacial score (nSPS) is 11.5. The standard InChI is InChI=1S/C21H19ClN2O3S/c1-16-9-11-20(12-10-16)28(25,26)24-23-14-18-6-2-3-8-21(18)27-15-17-5-4-7-19(22)13-17/h2-14,24H,15H2,1H3/b23-14-. The van der Waals surface area contributed by atoms with Crippen LogP contribution in [-0.2, 0) is 16.6 Å². The molecule has 0 amide bonds. The van der Waals surface area contributed by atoms with Gasteiger partial charge in [0.25, 0.3) is 10.0 Å². The Morgan fingerprint density at radius 1 is 1.04 bits per heavy atom. The Balaban J connectivity index is 1.69. The van der Waals surface area contributed by atoms with Crippen molar-refractivity contribution in [1.82, 2.24) is 4.83 Å². The van der Waals surface area contributed by atoms with E-state index in [0.717, 1.165) is 11.1 Å². The maximum Gasteiger partial charge on any atom is 0.276 e. The zero-order valence-corrected chi connectivity index (χ0v) is 16.7. The van der Waals surface area contributed by atoms with Gasteiger partial charge in [-0.2, -0.15) is 13.5 Å². The average Bonchev–Trinajstić information content (AvgIpc) is 2.67. The van der Waals surface area contributed by atoms with Crippen molar-refractivity contribution < 1.29 is 13.2 Å². The summed E-state index contributed by atoms with van der Waals surface area (Å²) in [7, 11) is -3.72. The molecule has 0 saturated heterocycles. The molecule has 0 spiro atoms. The summed E-state index contributed by atoms with van der Waals surface area (Å²) in [5, 5.41) is 4.52. The molecule has 0 fully saturated rings. The van der Waals surface area contributed by atoms with E-state index >= 15 is 0 Å². The van der Waals surface area contributed by atoms with Gasteiger partial charge in [0.2, 0.25) is 0 Å². The molecule has 3 rings (SSSR count). The van der Waals surface area contributed by atoms with E-state index in [-0.39, 0.29) is 4.90 Å². The van der Waals surface area contributed by atoms with Gasteiger partial charge in [-0.1, -0.05) is 53.6 Å². The van der Waals surface area contributed by atoms with E-state index in [0.29, 0.717) is 22.9 Å². The third kappa shape index (κ3) is 5.34. The van der Waals surface area contributed by atoms with Crippen molar-refractivity contribution >= 4 is 27.8 Å². The predicted octanol–water partition coefficient (Wildman–Crippen LogP) is 4.54. The Hall–Kier alpha value is -2.83. The van der Waals surface area contributed by atoms with E-state index in [9.17, 15) is 8.42 Å². The highest BCUT2D eigenvalue weighted by Gasteiger charge is 2.12. The van der Waals surface area contributed by atoms with Crippen LogP contribution >= 0.6 is 11.6 Å². The molecule has 3 aromatic rings. The van der Waals surface area contributed by atoms with Crippen molar-refractivity contribution in [3.05, 3.63) is 94.5 Å². The molecule has 5 nitrogen and oxygen atoms in total. The number of ether oxygens (including phenoxy) is 1. The Labute approximate surface area is 169 Å². The maximum absolute atomic E-state index is 12.3. The summed E-state index contributed by atoms with van der Waals surface area (Å²) in [6.45, 7) is 2.23. The van der Waals surface area contributed by atoms with Gasteiger partial charge in [-0.3, -0.25) is 0 Å². The van der Waals surface area contributed by atoms with Gasteiger partial charge in [0.1, 0.15) is 12.4 Å². The van der Waals surface area contributed by atoms with Crippen molar-refractivity contribution in [1.29, 1.82) is 0 Å². The second-order valence-corrected chi connectivity index (χ2v) is 8.22. The van der Waals surface area contributed by atoms with Gasteiger partial charge in [0.15, 0.2) is 0 Å². The summed E-state index contributed by atoms with van der Waals surface area (Å²) in [6.07, 6.45) is 1.42. The van der Waals surface area contributed by atoms with Gasteiger partial charge in [0, 0.05) is 10.6 Å². The highest BCUT2D eigenvalue weighted by Crippen LogP contribution is 2.19. The van der Waals surface area contributed by atoms with Gasteiger partial charge in [-0.15, -0.1) is 0 Å². The summed E-state index contributed by atoms with van der Waals surface area (Å²) in [6, 6.07) is 21.2. The van der Waals surface area contributed by atoms with Gasteiger partial charge in [-0.25, -0.2) is 4.83 Å². The number of nitrogens with zero attached hydrogens (tertiary/aromatic N) is 1. The molecular formula is C21H19ClN2O3S. The second kappa shape index (κ2) is 8.91. The number of aryl methyl sites for hydroxylation is 1. The number of sulfonamides is 1. The fourth-order valence-electron chi connectivity index (χ4n) is 2.44. The van der Waals surface area contributed by atoms with Crippen molar-refractivity contribution in [2.45, 2.75) is 18.4 Å². The summed E-state index contributed by atoms with van der Waals surface area (Å²) in [4.78, 5) is 2.37. The van der Waals surface area contributed by atoms with Gasteiger partial charge in [0.05, 0.1) is 11.1 Å². The van der Waals surface area contributed by atoms with Crippen LogP contribution in [0.15, 0.2) is 82.8 Å². The molecule has 28 heavy (non-hydrogen) atoms. The van der Waals surface area contributed by atoms with E-state index in [2.05, 4.69) is 9.93 Å². The zero-order valence-electron chi connectivity index (χ0n) is 15.2. The Kier molecular flexibility index (Phi) is 6.34. The summed E-state index contributed by atoms with van der Waals surface area (Å²) in [5.41, 5.74) is 2.56. The molecule has 3 aromatic carbocycles. The number of nitrogens with one attached hydrogen (secondary N) is 1. The van der Waals surface area contributed by atoms with Crippen LogP contribution in [-0.4, -0.2) is 14.6 Å². The Morgan fingerprint density at radius 2 is 1.79 bits per heavy atom. The van der Waals surface area contributed by atoms with Crippen LogP contribution in [0.2, 0.25) is 5.02 Å². The predicted molar refractivity (Wildman–Crippen MR) is 111 cm³/mol. The number of hydrogen-bond donors (Lipinski definition) is 1. The lowest BCUT2D eigenvalue weighted by molar-refractivity contribution is 0.306. The Morgan fingerprint density at radius 3 is 2.54 bits per heavy atom. The molecule has 0 atom stereocenters. The molecule has 0 aliphatic rings. The lowest BCUT2D eigenvalue weighted by Gasteiger charge is -2.09. The minimum Gasteiger partial charge on any atom is -0.488 e. The topological polar surface area (TPSA) is 67.8 Å². The molecular weight excluding hydrogens is 396 g/mol. The number of hydrazone groups is 1. The monoisotopic (exact) mass is 414 g/mol. The maximum atomic E-state index is 12.3. The zero-order chi connectivity index (χ0) is 20.0. The molecule has 144 valence electrons. The van der Waals surface area contributed by atoms with Crippen molar-refractivity contribution in [2.24, 2.45) is 5.10 Å². The molecule has 7 heteroatoms. The van der Waals surface area contributed by atoms with Crippen LogP contribution < -0.4 is 9.57 Å². The summed E-state index contributed by atoms with van der Waals surface area (Å²) in [5.74, 6) is 0.584. The first-order valence-electron chi connectivity index (χ1n) is 8.52. The van der Waals surface area contributed by atoms with E-state index in [1.165, 1.54) is 18.3 Å². The van der Waals surface area contributed by atoms with Crippen LogP contribution in [0.25, 0.3) is 0 Å². The van der Waals surface area contributed by atoms with Crippen LogP contribution in [0.3, 0.4) is 0 Å². The van der Waals surface area contributed by atoms with Crippen molar-refractivity contribution in [3.63, 3.8) is 0 Å². The molecule has 0 aromatic heterocycles. The second-order valence-electron chi connectivity index (χ2n) is 6.12. The number of benzene rings is 3. The van der Waals surface area contributed by atoms with Gasteiger partial charge >= 0.3 is 0 Å². The molecule has 0 radical (unpaired) electrons. The van der Waals surface area contributed by atoms with Crippen LogP contribution in [0, 0.1) is 6.92 Å². The van der Waals surface area contributed by atoms with Gasteiger partial charge < -0.3 is 4.74 Å². The van der Waals surface area contributed by atoms with Crippen molar-refractivity contribution in [2.75, 3.05) is 0 Å². The SMILES string of the molecule is Cc1ccc(S(=O)(=O)N/N=C\c2ccccc2OCc2cccc(Cl)c2)cc1. The van der Waals surface area contributed by atoms with E-state index < -0.39 is 10.0 Å². The highest BCUT2D eigenvalue weighted by molar-refractivity contribution is 7.89. The van der Waals surface area contributed by atoms with Crippen LogP contribution in [0.5, 0.6) is 5.75 Å². The first kappa shape index (κ1) is 19.9. The first-order valence-corrected chi connectivity index (χ1v) is 10.4. The third-order valence-corrected chi connectivity index (χ3v) is 5.38. The minimum atomic E-state index is -3.72. The fraction of sp³-hybridized carbons (Fsp3) is 0.0952. The molecule has 0 unspecified atom stereocenters. The first-order chi connectivity index (χ1) is 13.4. The quantitative estimate of drug-likeness (QED) is 0.456. The van der Waals surface area contributed by atoms with Crippen LogP contribution in [0.4, 0.5) is 0 Å². The van der Waals surface area contributed by atoms with E-state index in [1.807, 2.05) is 37.3 Å². The Bertz CT molecular complexity index is 1080. The minimum absolute atomic E-state index is 0.153. The molecule has 0 aliphatic heterocycles. The largest absolute Gasteiger partial charge is 0.488 e. The number of halogens is 1. The van der Waals surface area contributed by atoms with E-state index in [4.69, 9.17) is 16.3 Å². The average molecular weight is 415 g/mol. The molecule has 0 aliphatic carbocycles. The van der Waals surface area contributed by atoms with Crippen molar-refractivity contribution in [3.8, 4) is 5.75 Å². The van der Waals surface area contributed by atoms with E-state index in [1.54, 1.807) is 30.3 Å². The number of rotatable bonds is 7. The smallest absolute Gasteiger partial charge is 0.276 e. The summed E-state index contributed by atoms with van der Waals surface area (Å²) >= 11 is 5.99. The molecule has 0 bridgehead atoms. The number of para-hydroxylation sites is 1. The molecule has 0 heterocycles. The summed E-state index contributed by atoms with van der Waals surface area (Å²) < 4.78 is 30.4. The fourth-order valence-corrected chi connectivity index (χ4v) is 3.45. The molecule has 1 N–H and O–H groups in total. The highest BCUT2D eigenvalue weighted by atomic mass is 35.5. The van der Waals surface area contributed by atoms with Crippen LogP contribution in [0.1, 0.15) is 16.7 Å². The lowest BCUT2D eigenvalue weighted by Crippen LogP contribution is -2.18. The number of hydrogen-bond acceptors (Lipinski definition) is 4. The lowest BCUT2D eigenvalue weighted by atomic mass is 10.2. The third-order valence-electron chi connectivity index (χ3n) is 3.91.